The number of benzene rings is 1. The van der Waals surface area contributed by atoms with E-state index >= 15 is 0 Å². The molecule has 2 heterocycles. The highest BCUT2D eigenvalue weighted by Gasteiger charge is 2.17. The van der Waals surface area contributed by atoms with E-state index in [1.807, 2.05) is 0 Å². The maximum absolute atomic E-state index is 13.3. The van der Waals surface area contributed by atoms with E-state index in [9.17, 15) is 9.18 Å². The van der Waals surface area contributed by atoms with Crippen LogP contribution < -0.4 is 5.32 Å². The van der Waals surface area contributed by atoms with Gasteiger partial charge in [-0.15, -0.1) is 0 Å². The summed E-state index contributed by atoms with van der Waals surface area (Å²) in [6.07, 6.45) is 1.54. The number of hydrogen-bond donors (Lipinski definition) is 2. The molecule has 3 rings (SSSR count). The summed E-state index contributed by atoms with van der Waals surface area (Å²) in [5.41, 5.74) is 2.51. The number of fused-ring (bicyclic) bond motifs is 1. The zero-order chi connectivity index (χ0) is 15.5. The van der Waals surface area contributed by atoms with Crippen molar-refractivity contribution in [2.24, 2.45) is 0 Å². The third-order valence-electron chi connectivity index (χ3n) is 3.38. The maximum atomic E-state index is 13.3. The van der Waals surface area contributed by atoms with Crippen molar-refractivity contribution in [2.45, 2.75) is 6.54 Å². The van der Waals surface area contributed by atoms with E-state index in [1.165, 1.54) is 12.1 Å². The number of amides is 1. The first-order valence-corrected chi connectivity index (χ1v) is 6.89. The zero-order valence-electron chi connectivity index (χ0n) is 11.8. The molecule has 0 radical (unpaired) electrons. The number of hydrogen-bond acceptors (Lipinski definition) is 3. The summed E-state index contributed by atoms with van der Waals surface area (Å²) >= 11 is 0. The predicted octanol–water partition coefficient (Wildman–Crippen LogP) is 2.14. The number of furan rings is 1. The summed E-state index contributed by atoms with van der Waals surface area (Å²) in [4.78, 5) is 12.2. The number of carbonyl (C=O) groups excluding carboxylic acids is 1. The molecular formula is C16H15FN2O3. The second kappa shape index (κ2) is 6.03. The molecule has 0 saturated carbocycles. The highest BCUT2D eigenvalue weighted by atomic mass is 19.1. The molecule has 22 heavy (non-hydrogen) atoms. The Morgan fingerprint density at radius 1 is 1.32 bits per heavy atom. The lowest BCUT2D eigenvalue weighted by Gasteiger charge is -2.10. The van der Waals surface area contributed by atoms with Crippen LogP contribution in [-0.4, -0.2) is 28.7 Å². The van der Waals surface area contributed by atoms with E-state index in [0.29, 0.717) is 17.8 Å². The minimum Gasteiger partial charge on any atom is -0.463 e. The van der Waals surface area contributed by atoms with Crippen LogP contribution in [0.4, 0.5) is 4.39 Å². The van der Waals surface area contributed by atoms with Gasteiger partial charge in [-0.3, -0.25) is 4.79 Å². The Kier molecular flexibility index (Phi) is 3.93. The maximum Gasteiger partial charge on any atom is 0.268 e. The Balaban J connectivity index is 1.98. The van der Waals surface area contributed by atoms with Crippen molar-refractivity contribution in [1.29, 1.82) is 0 Å². The first-order valence-electron chi connectivity index (χ1n) is 6.89. The molecule has 0 aliphatic rings. The van der Waals surface area contributed by atoms with E-state index < -0.39 is 0 Å². The Labute approximate surface area is 126 Å². The van der Waals surface area contributed by atoms with Crippen molar-refractivity contribution >= 4 is 17.0 Å². The summed E-state index contributed by atoms with van der Waals surface area (Å²) in [6, 6.07) is 9.64. The van der Waals surface area contributed by atoms with Crippen LogP contribution in [0.5, 0.6) is 0 Å². The largest absolute Gasteiger partial charge is 0.463 e. The first-order chi connectivity index (χ1) is 10.7. The third kappa shape index (κ3) is 2.73. The van der Waals surface area contributed by atoms with Crippen molar-refractivity contribution in [1.82, 2.24) is 9.88 Å². The van der Waals surface area contributed by atoms with Gasteiger partial charge in [-0.25, -0.2) is 4.39 Å². The van der Waals surface area contributed by atoms with E-state index in [2.05, 4.69) is 5.32 Å². The lowest BCUT2D eigenvalue weighted by atomic mass is 10.2. The van der Waals surface area contributed by atoms with Crippen LogP contribution in [0.3, 0.4) is 0 Å². The van der Waals surface area contributed by atoms with Crippen LogP contribution in [-0.2, 0) is 6.54 Å². The highest BCUT2D eigenvalue weighted by Crippen LogP contribution is 2.22. The molecule has 0 spiro atoms. The topological polar surface area (TPSA) is 67.4 Å². The quantitative estimate of drug-likeness (QED) is 0.759. The molecule has 2 N–H and O–H groups in total. The fourth-order valence-corrected chi connectivity index (χ4v) is 2.41. The van der Waals surface area contributed by atoms with Gasteiger partial charge in [0.1, 0.15) is 11.5 Å². The summed E-state index contributed by atoms with van der Waals surface area (Å²) in [5.74, 6) is -0.628. The molecule has 0 saturated heterocycles. The molecule has 0 aliphatic carbocycles. The van der Waals surface area contributed by atoms with Crippen molar-refractivity contribution in [3.8, 4) is 0 Å². The average molecular weight is 302 g/mol. The monoisotopic (exact) mass is 302 g/mol. The molecule has 0 bridgehead atoms. The Hall–Kier alpha value is -2.60. The van der Waals surface area contributed by atoms with Gasteiger partial charge in [-0.2, -0.15) is 0 Å². The summed E-state index contributed by atoms with van der Waals surface area (Å²) in [6.45, 7) is 0.389. The number of aliphatic hydroxyl groups excluding tert-OH is 1. The average Bonchev–Trinajstić information content (AvgIpc) is 3.07. The molecule has 0 atom stereocenters. The molecular weight excluding hydrogens is 287 g/mol. The Morgan fingerprint density at radius 2 is 2.18 bits per heavy atom. The lowest BCUT2D eigenvalue weighted by molar-refractivity contribution is 0.0936. The van der Waals surface area contributed by atoms with Crippen molar-refractivity contribution in [3.05, 3.63) is 59.7 Å². The van der Waals surface area contributed by atoms with Crippen LogP contribution in [0.25, 0.3) is 11.1 Å². The number of aromatic nitrogens is 1. The minimum atomic E-state index is -0.320. The molecule has 6 heteroatoms. The molecule has 0 unspecified atom stereocenters. The number of carbonyl (C=O) groups is 1. The van der Waals surface area contributed by atoms with Gasteiger partial charge >= 0.3 is 0 Å². The van der Waals surface area contributed by atoms with Crippen LogP contribution in [0.2, 0.25) is 0 Å². The molecule has 1 aromatic carbocycles. The zero-order valence-corrected chi connectivity index (χ0v) is 11.8. The van der Waals surface area contributed by atoms with Gasteiger partial charge in [0.15, 0.2) is 5.58 Å². The van der Waals surface area contributed by atoms with Crippen molar-refractivity contribution in [2.75, 3.05) is 13.2 Å². The van der Waals surface area contributed by atoms with Crippen molar-refractivity contribution in [3.63, 3.8) is 0 Å². The minimum absolute atomic E-state index is 0.132. The normalized spacial score (nSPS) is 11.0. The van der Waals surface area contributed by atoms with Gasteiger partial charge in [0.05, 0.1) is 18.4 Å². The number of halogens is 1. The Bertz CT molecular complexity index is 807. The van der Waals surface area contributed by atoms with Crippen LogP contribution in [0.1, 0.15) is 16.1 Å². The molecule has 3 aromatic rings. The van der Waals surface area contributed by atoms with Gasteiger partial charge in [0.25, 0.3) is 5.91 Å². The summed E-state index contributed by atoms with van der Waals surface area (Å²) in [7, 11) is 0. The Morgan fingerprint density at radius 3 is 2.95 bits per heavy atom. The highest BCUT2D eigenvalue weighted by molar-refractivity contribution is 5.97. The van der Waals surface area contributed by atoms with Gasteiger partial charge in [-0.05, 0) is 17.7 Å². The standard InChI is InChI=1S/C16H15FN2O3/c17-12-3-1-2-11(8-12)10-19-13-4-7-22-15(13)9-14(19)16(21)18-5-6-20/h1-4,7-9,20H,5-6,10H2,(H,18,21). The van der Waals surface area contributed by atoms with E-state index in [-0.39, 0.29) is 24.9 Å². The summed E-state index contributed by atoms with van der Waals surface area (Å²) in [5, 5.41) is 11.4. The SMILES string of the molecule is O=C(NCCO)c1cc2occc2n1Cc1cccc(F)c1. The third-order valence-corrected chi connectivity index (χ3v) is 3.38. The second-order valence-electron chi connectivity index (χ2n) is 4.90. The molecule has 5 nitrogen and oxygen atoms in total. The first kappa shape index (κ1) is 14.3. The van der Waals surface area contributed by atoms with Gasteiger partial charge in [0, 0.05) is 25.2 Å². The fraction of sp³-hybridized carbons (Fsp3) is 0.188. The van der Waals surface area contributed by atoms with Crippen LogP contribution in [0, 0.1) is 5.82 Å². The summed E-state index contributed by atoms with van der Waals surface area (Å²) < 4.78 is 20.4. The molecule has 0 aliphatic heterocycles. The van der Waals surface area contributed by atoms with Crippen molar-refractivity contribution < 1.29 is 18.7 Å². The van der Waals surface area contributed by atoms with E-state index in [4.69, 9.17) is 9.52 Å². The van der Waals surface area contributed by atoms with Crippen LogP contribution in [0.15, 0.2) is 47.1 Å². The van der Waals surface area contributed by atoms with Gasteiger partial charge in [0.2, 0.25) is 0 Å². The van der Waals surface area contributed by atoms with Gasteiger partial charge < -0.3 is 19.4 Å². The fourth-order valence-electron chi connectivity index (χ4n) is 2.41. The molecule has 2 aromatic heterocycles. The number of nitrogens with one attached hydrogen (secondary N) is 1. The second-order valence-corrected chi connectivity index (χ2v) is 4.90. The smallest absolute Gasteiger partial charge is 0.268 e. The van der Waals surface area contributed by atoms with Crippen LogP contribution >= 0.6 is 0 Å². The molecule has 0 fully saturated rings. The van der Waals surface area contributed by atoms with E-state index in [0.717, 1.165) is 11.1 Å². The van der Waals surface area contributed by atoms with Gasteiger partial charge in [-0.1, -0.05) is 12.1 Å². The number of rotatable bonds is 5. The van der Waals surface area contributed by atoms with E-state index in [1.54, 1.807) is 35.1 Å². The molecule has 1 amide bonds. The number of nitrogens with zero attached hydrogens (tertiary/aromatic N) is 1. The number of aliphatic hydroxyl groups is 1. The predicted molar refractivity (Wildman–Crippen MR) is 79.1 cm³/mol. The lowest BCUT2D eigenvalue weighted by Crippen LogP contribution is -2.28. The molecule has 114 valence electrons.